The lowest BCUT2D eigenvalue weighted by molar-refractivity contribution is 0.0907. The average Bonchev–Trinajstić information content (AvgIpc) is 2.91. The molecule has 23 heavy (non-hydrogen) atoms. The number of nitrogens with zero attached hydrogens (tertiary/aromatic N) is 2. The van der Waals surface area contributed by atoms with Crippen molar-refractivity contribution in [2.45, 2.75) is 45.6 Å². The molecule has 5 nitrogen and oxygen atoms in total. The van der Waals surface area contributed by atoms with Crippen LogP contribution in [0.3, 0.4) is 0 Å². The summed E-state index contributed by atoms with van der Waals surface area (Å²) in [5.41, 5.74) is -0.641. The zero-order chi connectivity index (χ0) is 17.4. The molecule has 0 fully saturated rings. The number of hydrogen-bond donors (Lipinski definition) is 1. The average molecular weight is 356 g/mol. The molecule has 0 radical (unpaired) electrons. The van der Waals surface area contributed by atoms with Crippen molar-refractivity contribution in [3.8, 4) is 0 Å². The molecule has 0 unspecified atom stereocenters. The molecule has 7 heteroatoms. The van der Waals surface area contributed by atoms with Crippen LogP contribution >= 0.6 is 23.2 Å². The van der Waals surface area contributed by atoms with Crippen LogP contribution in [-0.4, -0.2) is 16.0 Å². The van der Waals surface area contributed by atoms with Gasteiger partial charge in [-0.3, -0.25) is 4.79 Å². The molecule has 0 bridgehead atoms. The fourth-order valence-electron chi connectivity index (χ4n) is 1.83. The number of hydrogen-bond acceptors (Lipinski definition) is 4. The van der Waals surface area contributed by atoms with Crippen molar-refractivity contribution >= 4 is 29.1 Å². The highest BCUT2D eigenvalue weighted by molar-refractivity contribution is 6.42. The first-order valence-corrected chi connectivity index (χ1v) is 7.88. The molecule has 124 valence electrons. The van der Waals surface area contributed by atoms with E-state index < -0.39 is 5.54 Å². The number of rotatable bonds is 3. The van der Waals surface area contributed by atoms with Crippen molar-refractivity contribution in [3.05, 3.63) is 45.5 Å². The third-order valence-electron chi connectivity index (χ3n) is 3.23. The summed E-state index contributed by atoms with van der Waals surface area (Å²) in [6.07, 6.45) is 0. The van der Waals surface area contributed by atoms with Gasteiger partial charge in [0.15, 0.2) is 5.82 Å². The van der Waals surface area contributed by atoms with E-state index in [1.54, 1.807) is 26.0 Å². The first-order valence-electron chi connectivity index (χ1n) is 7.13. The molecular formula is C16H19Cl2N3O2. The molecule has 0 spiro atoms. The van der Waals surface area contributed by atoms with E-state index >= 15 is 0 Å². The van der Waals surface area contributed by atoms with Crippen LogP contribution in [0.1, 0.15) is 56.7 Å². The van der Waals surface area contributed by atoms with Crippen molar-refractivity contribution < 1.29 is 9.32 Å². The molecule has 1 aromatic heterocycles. The van der Waals surface area contributed by atoms with E-state index in [0.717, 1.165) is 0 Å². The van der Waals surface area contributed by atoms with E-state index in [1.165, 1.54) is 6.07 Å². The first-order chi connectivity index (χ1) is 10.5. The summed E-state index contributed by atoms with van der Waals surface area (Å²) in [5, 5.41) is 7.58. The normalized spacial score (nSPS) is 12.3. The Labute approximate surface area is 145 Å². The number of aromatic nitrogens is 2. The molecule has 0 saturated carbocycles. The number of carbonyl (C=O) groups is 1. The number of halogens is 2. The van der Waals surface area contributed by atoms with Gasteiger partial charge in [-0.15, -0.1) is 0 Å². The minimum atomic E-state index is -0.795. The molecule has 0 aliphatic carbocycles. The lowest BCUT2D eigenvalue weighted by atomic mass is 9.97. The van der Waals surface area contributed by atoms with Gasteiger partial charge < -0.3 is 9.84 Å². The summed E-state index contributed by atoms with van der Waals surface area (Å²) in [5.74, 6) is 0.635. The summed E-state index contributed by atoms with van der Waals surface area (Å²) >= 11 is 11.8. The van der Waals surface area contributed by atoms with Crippen LogP contribution in [-0.2, 0) is 11.0 Å². The summed E-state index contributed by atoms with van der Waals surface area (Å²) in [4.78, 5) is 16.8. The Hall–Kier alpha value is -1.59. The van der Waals surface area contributed by atoms with Gasteiger partial charge >= 0.3 is 0 Å². The van der Waals surface area contributed by atoms with E-state index in [-0.39, 0.29) is 11.3 Å². The highest BCUT2D eigenvalue weighted by Crippen LogP contribution is 2.25. The monoisotopic (exact) mass is 355 g/mol. The number of amides is 1. The maximum Gasteiger partial charge on any atom is 0.252 e. The molecular weight excluding hydrogens is 337 g/mol. The van der Waals surface area contributed by atoms with Crippen molar-refractivity contribution in [1.82, 2.24) is 15.5 Å². The fraction of sp³-hybridized carbons (Fsp3) is 0.438. The molecule has 0 atom stereocenters. The summed E-state index contributed by atoms with van der Waals surface area (Å²) in [6.45, 7) is 9.54. The molecule has 0 saturated heterocycles. The Morgan fingerprint density at radius 1 is 1.13 bits per heavy atom. The number of carbonyl (C=O) groups excluding carboxylic acids is 1. The highest BCUT2D eigenvalue weighted by Gasteiger charge is 2.31. The maximum absolute atomic E-state index is 12.4. The Balaban J connectivity index is 2.21. The second kappa shape index (κ2) is 6.13. The quantitative estimate of drug-likeness (QED) is 0.888. The van der Waals surface area contributed by atoms with Crippen LogP contribution in [0.2, 0.25) is 10.0 Å². The van der Waals surface area contributed by atoms with E-state index in [1.807, 2.05) is 20.8 Å². The molecule has 0 aliphatic heterocycles. The number of nitrogens with one attached hydrogen (secondary N) is 1. The third-order valence-corrected chi connectivity index (χ3v) is 3.97. The predicted molar refractivity (Wildman–Crippen MR) is 90.0 cm³/mol. The van der Waals surface area contributed by atoms with E-state index in [0.29, 0.717) is 27.3 Å². The smallest absolute Gasteiger partial charge is 0.252 e. The lowest BCUT2D eigenvalue weighted by Crippen LogP contribution is -2.42. The van der Waals surface area contributed by atoms with Gasteiger partial charge in [0.1, 0.15) is 0 Å². The molecule has 0 aliphatic rings. The molecule has 1 aromatic carbocycles. The fourth-order valence-corrected chi connectivity index (χ4v) is 2.13. The highest BCUT2D eigenvalue weighted by atomic mass is 35.5. The van der Waals surface area contributed by atoms with Crippen LogP contribution in [0.15, 0.2) is 22.7 Å². The minimum absolute atomic E-state index is 0.255. The summed E-state index contributed by atoms with van der Waals surface area (Å²) in [6, 6.07) is 4.71. The van der Waals surface area contributed by atoms with Gasteiger partial charge in [-0.2, -0.15) is 4.98 Å². The van der Waals surface area contributed by atoms with Crippen molar-refractivity contribution in [2.75, 3.05) is 0 Å². The van der Waals surface area contributed by atoms with Gasteiger partial charge in [-0.1, -0.05) is 49.1 Å². The van der Waals surface area contributed by atoms with Crippen molar-refractivity contribution in [2.24, 2.45) is 0 Å². The Bertz CT molecular complexity index is 733. The Morgan fingerprint density at radius 2 is 1.78 bits per heavy atom. The van der Waals surface area contributed by atoms with E-state index in [4.69, 9.17) is 27.7 Å². The zero-order valence-electron chi connectivity index (χ0n) is 13.7. The molecule has 2 rings (SSSR count). The first kappa shape index (κ1) is 17.8. The number of benzene rings is 1. The van der Waals surface area contributed by atoms with E-state index in [9.17, 15) is 4.79 Å². The van der Waals surface area contributed by atoms with Gasteiger partial charge in [0.25, 0.3) is 5.91 Å². The van der Waals surface area contributed by atoms with Crippen molar-refractivity contribution in [3.63, 3.8) is 0 Å². The van der Waals surface area contributed by atoms with Gasteiger partial charge in [0.05, 0.1) is 15.6 Å². The summed E-state index contributed by atoms with van der Waals surface area (Å²) in [7, 11) is 0. The molecule has 2 aromatic rings. The maximum atomic E-state index is 12.4. The van der Waals surface area contributed by atoms with Crippen LogP contribution < -0.4 is 5.32 Å². The van der Waals surface area contributed by atoms with Crippen LogP contribution in [0.25, 0.3) is 0 Å². The summed E-state index contributed by atoms with van der Waals surface area (Å²) < 4.78 is 5.29. The van der Waals surface area contributed by atoms with Gasteiger partial charge in [0, 0.05) is 11.0 Å². The second-order valence-corrected chi connectivity index (χ2v) is 7.70. The lowest BCUT2D eigenvalue weighted by Gasteiger charge is -2.22. The largest absolute Gasteiger partial charge is 0.340 e. The third kappa shape index (κ3) is 4.03. The molecule has 1 N–H and O–H groups in total. The molecule has 1 heterocycles. The zero-order valence-corrected chi connectivity index (χ0v) is 15.2. The standard InChI is InChI=1S/C16H19Cl2N3O2/c1-15(2,3)14-19-13(21-23-14)16(4,5)20-12(22)9-6-7-10(17)11(18)8-9/h6-8H,1-5H3,(H,20,22). The Morgan fingerprint density at radius 3 is 2.30 bits per heavy atom. The van der Waals surface area contributed by atoms with Gasteiger partial charge in [0.2, 0.25) is 5.89 Å². The second-order valence-electron chi connectivity index (χ2n) is 6.88. The van der Waals surface area contributed by atoms with Crippen LogP contribution in [0, 0.1) is 0 Å². The van der Waals surface area contributed by atoms with E-state index in [2.05, 4.69) is 15.5 Å². The van der Waals surface area contributed by atoms with Gasteiger partial charge in [-0.05, 0) is 32.0 Å². The van der Waals surface area contributed by atoms with Gasteiger partial charge in [-0.25, -0.2) is 0 Å². The van der Waals surface area contributed by atoms with Crippen LogP contribution in [0.4, 0.5) is 0 Å². The van der Waals surface area contributed by atoms with Crippen LogP contribution in [0.5, 0.6) is 0 Å². The SMILES string of the molecule is CC(C)(C)c1nc(C(C)(C)NC(=O)c2ccc(Cl)c(Cl)c2)no1. The molecule has 1 amide bonds. The predicted octanol–water partition coefficient (Wildman–Crippen LogP) is 4.34. The minimum Gasteiger partial charge on any atom is -0.340 e. The Kier molecular flexibility index (Phi) is 4.74. The topological polar surface area (TPSA) is 68.0 Å². The van der Waals surface area contributed by atoms with Crippen molar-refractivity contribution in [1.29, 1.82) is 0 Å².